The molecule has 0 aliphatic heterocycles. The van der Waals surface area contributed by atoms with Crippen LogP contribution in [-0.2, 0) is 10.0 Å². The number of benzene rings is 3. The van der Waals surface area contributed by atoms with E-state index in [0.717, 1.165) is 0 Å². The van der Waals surface area contributed by atoms with E-state index in [1.165, 1.54) is 19.2 Å². The van der Waals surface area contributed by atoms with Gasteiger partial charge in [-0.1, -0.05) is 36.4 Å². The molecule has 0 radical (unpaired) electrons. The van der Waals surface area contributed by atoms with Gasteiger partial charge in [0.1, 0.15) is 5.75 Å². The second-order valence-corrected chi connectivity index (χ2v) is 7.34. The quantitative estimate of drug-likeness (QED) is 0.680. The zero-order valence-electron chi connectivity index (χ0n) is 14.5. The van der Waals surface area contributed by atoms with Crippen LogP contribution in [0, 0.1) is 0 Å². The standard InChI is InChI=1S/C20H18N2O4S/c1-26-19-13-6-5-12-18(19)22-27(24,25)17-11-7-10-16(14-17)21-20(23)15-8-3-2-4-9-15/h2-14,22H,1H3,(H,21,23). The van der Waals surface area contributed by atoms with Crippen molar-refractivity contribution in [3.05, 3.63) is 84.4 Å². The molecule has 0 spiro atoms. The molecule has 3 aromatic carbocycles. The highest BCUT2D eigenvalue weighted by Crippen LogP contribution is 2.26. The number of sulfonamides is 1. The molecule has 0 aliphatic carbocycles. The van der Waals surface area contributed by atoms with Gasteiger partial charge in [-0.25, -0.2) is 8.42 Å². The van der Waals surface area contributed by atoms with E-state index in [1.807, 2.05) is 6.07 Å². The van der Waals surface area contributed by atoms with E-state index in [-0.39, 0.29) is 10.8 Å². The molecule has 0 aromatic heterocycles. The van der Waals surface area contributed by atoms with Crippen LogP contribution in [0.3, 0.4) is 0 Å². The molecule has 138 valence electrons. The smallest absolute Gasteiger partial charge is 0.262 e. The number of para-hydroxylation sites is 2. The van der Waals surface area contributed by atoms with Crippen LogP contribution in [0.15, 0.2) is 83.8 Å². The maximum absolute atomic E-state index is 12.7. The average molecular weight is 382 g/mol. The number of carbonyl (C=O) groups is 1. The van der Waals surface area contributed by atoms with Crippen LogP contribution in [-0.4, -0.2) is 21.4 Å². The Hall–Kier alpha value is -3.32. The lowest BCUT2D eigenvalue weighted by Crippen LogP contribution is -2.15. The molecule has 3 rings (SSSR count). The van der Waals surface area contributed by atoms with Gasteiger partial charge in [-0.05, 0) is 42.5 Å². The first kappa shape index (κ1) is 18.5. The summed E-state index contributed by atoms with van der Waals surface area (Å²) in [4.78, 5) is 12.3. The van der Waals surface area contributed by atoms with Crippen molar-refractivity contribution in [2.24, 2.45) is 0 Å². The molecule has 2 N–H and O–H groups in total. The zero-order valence-corrected chi connectivity index (χ0v) is 15.4. The summed E-state index contributed by atoms with van der Waals surface area (Å²) in [7, 11) is -2.39. The Labute approximate surface area is 157 Å². The Bertz CT molecular complexity index is 1050. The van der Waals surface area contributed by atoms with Crippen LogP contribution in [0.5, 0.6) is 5.75 Å². The molecule has 0 saturated carbocycles. The normalized spacial score (nSPS) is 10.9. The van der Waals surface area contributed by atoms with Gasteiger partial charge in [0.25, 0.3) is 15.9 Å². The summed E-state index contributed by atoms with van der Waals surface area (Å²) in [6.07, 6.45) is 0. The molecule has 27 heavy (non-hydrogen) atoms. The Morgan fingerprint density at radius 2 is 1.59 bits per heavy atom. The molecule has 0 heterocycles. The predicted molar refractivity (Wildman–Crippen MR) is 105 cm³/mol. The molecule has 6 nitrogen and oxygen atoms in total. The Kier molecular flexibility index (Phi) is 5.42. The molecule has 0 atom stereocenters. The second kappa shape index (κ2) is 7.92. The van der Waals surface area contributed by atoms with E-state index in [4.69, 9.17) is 4.74 Å². The van der Waals surface area contributed by atoms with Crippen molar-refractivity contribution in [1.82, 2.24) is 0 Å². The fourth-order valence-corrected chi connectivity index (χ4v) is 3.58. The number of rotatable bonds is 6. The molecule has 0 unspecified atom stereocenters. The number of hydrogen-bond donors (Lipinski definition) is 2. The van der Waals surface area contributed by atoms with Gasteiger partial charge in [-0.3, -0.25) is 9.52 Å². The van der Waals surface area contributed by atoms with Gasteiger partial charge < -0.3 is 10.1 Å². The molecule has 0 aliphatic rings. The third-order valence-corrected chi connectivity index (χ3v) is 5.15. The number of methoxy groups -OCH3 is 1. The number of ether oxygens (including phenoxy) is 1. The lowest BCUT2D eigenvalue weighted by Gasteiger charge is -2.12. The van der Waals surface area contributed by atoms with Gasteiger partial charge in [0.15, 0.2) is 0 Å². The lowest BCUT2D eigenvalue weighted by atomic mass is 10.2. The molecule has 3 aromatic rings. The first-order valence-electron chi connectivity index (χ1n) is 8.12. The summed E-state index contributed by atoms with van der Waals surface area (Å²) in [5, 5.41) is 2.70. The third kappa shape index (κ3) is 4.45. The Morgan fingerprint density at radius 1 is 0.889 bits per heavy atom. The number of nitrogens with one attached hydrogen (secondary N) is 2. The summed E-state index contributed by atoms with van der Waals surface area (Å²) in [5.41, 5.74) is 1.20. The molecule has 7 heteroatoms. The van der Waals surface area contributed by atoms with E-state index < -0.39 is 10.0 Å². The van der Waals surface area contributed by atoms with E-state index >= 15 is 0 Å². The van der Waals surface area contributed by atoms with Crippen LogP contribution in [0.1, 0.15) is 10.4 Å². The van der Waals surface area contributed by atoms with Gasteiger partial charge >= 0.3 is 0 Å². The van der Waals surface area contributed by atoms with E-state index in [1.54, 1.807) is 60.7 Å². The fraction of sp³-hybridized carbons (Fsp3) is 0.0500. The van der Waals surface area contributed by atoms with Gasteiger partial charge in [-0.15, -0.1) is 0 Å². The predicted octanol–water partition coefficient (Wildman–Crippen LogP) is 3.75. The second-order valence-electron chi connectivity index (χ2n) is 5.65. The summed E-state index contributed by atoms with van der Waals surface area (Å²) in [6, 6.07) is 21.5. The highest BCUT2D eigenvalue weighted by atomic mass is 32.2. The minimum Gasteiger partial charge on any atom is -0.495 e. The Morgan fingerprint density at radius 3 is 2.33 bits per heavy atom. The topological polar surface area (TPSA) is 84.5 Å². The SMILES string of the molecule is COc1ccccc1NS(=O)(=O)c1cccc(NC(=O)c2ccccc2)c1. The average Bonchev–Trinajstić information content (AvgIpc) is 2.69. The van der Waals surface area contributed by atoms with Gasteiger partial charge in [0.2, 0.25) is 0 Å². The summed E-state index contributed by atoms with van der Waals surface area (Å²) < 4.78 is 33.1. The molecule has 0 bridgehead atoms. The van der Waals surface area contributed by atoms with Crippen molar-refractivity contribution >= 4 is 27.3 Å². The minimum absolute atomic E-state index is 0.0271. The van der Waals surface area contributed by atoms with E-state index in [0.29, 0.717) is 22.7 Å². The van der Waals surface area contributed by atoms with Crippen molar-refractivity contribution in [2.45, 2.75) is 4.90 Å². The minimum atomic E-state index is -3.85. The first-order valence-corrected chi connectivity index (χ1v) is 9.60. The first-order chi connectivity index (χ1) is 13.0. The maximum Gasteiger partial charge on any atom is 0.262 e. The maximum atomic E-state index is 12.7. The number of anilines is 2. The van der Waals surface area contributed by atoms with Gasteiger partial charge in [0.05, 0.1) is 17.7 Å². The molecule has 0 fully saturated rings. The zero-order chi connectivity index (χ0) is 19.3. The highest BCUT2D eigenvalue weighted by molar-refractivity contribution is 7.92. The van der Waals surface area contributed by atoms with Crippen LogP contribution in [0.25, 0.3) is 0 Å². The molecular formula is C20H18N2O4S. The molecule has 0 saturated heterocycles. The summed E-state index contributed by atoms with van der Waals surface area (Å²) in [6.45, 7) is 0. The van der Waals surface area contributed by atoms with Crippen LogP contribution in [0.2, 0.25) is 0 Å². The fourth-order valence-electron chi connectivity index (χ4n) is 2.47. The van der Waals surface area contributed by atoms with Crippen molar-refractivity contribution in [3.63, 3.8) is 0 Å². The molecular weight excluding hydrogens is 364 g/mol. The van der Waals surface area contributed by atoms with Crippen LogP contribution in [0.4, 0.5) is 11.4 Å². The third-order valence-electron chi connectivity index (χ3n) is 3.79. The Balaban J connectivity index is 1.83. The van der Waals surface area contributed by atoms with E-state index in [9.17, 15) is 13.2 Å². The number of hydrogen-bond acceptors (Lipinski definition) is 4. The number of carbonyl (C=O) groups excluding carboxylic acids is 1. The summed E-state index contributed by atoms with van der Waals surface area (Å²) >= 11 is 0. The van der Waals surface area contributed by atoms with Gasteiger partial charge in [-0.2, -0.15) is 0 Å². The monoisotopic (exact) mass is 382 g/mol. The van der Waals surface area contributed by atoms with Crippen molar-refractivity contribution in [1.29, 1.82) is 0 Å². The van der Waals surface area contributed by atoms with Crippen molar-refractivity contribution in [3.8, 4) is 5.75 Å². The lowest BCUT2D eigenvalue weighted by molar-refractivity contribution is 0.102. The van der Waals surface area contributed by atoms with Crippen LogP contribution >= 0.6 is 0 Å². The highest BCUT2D eigenvalue weighted by Gasteiger charge is 2.17. The van der Waals surface area contributed by atoms with Crippen molar-refractivity contribution in [2.75, 3.05) is 17.1 Å². The summed E-state index contributed by atoms with van der Waals surface area (Å²) in [5.74, 6) is 0.0949. The van der Waals surface area contributed by atoms with Crippen LogP contribution < -0.4 is 14.8 Å². The van der Waals surface area contributed by atoms with Gasteiger partial charge in [0, 0.05) is 11.3 Å². The van der Waals surface area contributed by atoms with E-state index in [2.05, 4.69) is 10.0 Å². The molecule has 1 amide bonds. The number of amides is 1. The van der Waals surface area contributed by atoms with Crippen molar-refractivity contribution < 1.29 is 17.9 Å². The largest absolute Gasteiger partial charge is 0.495 e.